The molecule has 9 nitrogen and oxygen atoms in total. The number of aromatic hydroxyl groups is 1. The van der Waals surface area contributed by atoms with Crippen LogP contribution in [0.3, 0.4) is 0 Å². The number of fused-ring (bicyclic) bond motifs is 1. The van der Waals surface area contributed by atoms with Crippen molar-refractivity contribution in [1.29, 1.82) is 1.43 Å². The second kappa shape index (κ2) is 7.86. The molecule has 1 fully saturated rings. The highest BCUT2D eigenvalue weighted by Crippen LogP contribution is 2.24. The first-order valence-corrected chi connectivity index (χ1v) is 6.96. The molecule has 2 aromatic rings. The van der Waals surface area contributed by atoms with Gasteiger partial charge in [0.15, 0.2) is 19.7 Å². The summed E-state index contributed by atoms with van der Waals surface area (Å²) in [6, 6.07) is -3.02. The van der Waals surface area contributed by atoms with Gasteiger partial charge in [0.25, 0.3) is 12.9 Å². The molecule has 0 bridgehead atoms. The fraction of sp³-hybridized carbons (Fsp3) is 0.647. The van der Waals surface area contributed by atoms with Crippen molar-refractivity contribution >= 4 is 17.1 Å². The Hall–Kier alpha value is -2.42. The predicted octanol–water partition coefficient (Wildman–Crippen LogP) is 1.01. The Kier molecular flexibility index (Phi) is 1.67. The van der Waals surface area contributed by atoms with Gasteiger partial charge >= 0.3 is 0 Å². The van der Waals surface area contributed by atoms with Crippen LogP contribution in [0.4, 0.5) is 0 Å². The third-order valence-electron chi connectivity index (χ3n) is 3.07. The summed E-state index contributed by atoms with van der Waals surface area (Å²) in [6.45, 7) is -18.5. The number of likely N-dealkylation sites (tertiary alicyclic amines) is 1. The van der Waals surface area contributed by atoms with Gasteiger partial charge in [-0.25, -0.2) is 5.09 Å². The fourth-order valence-electron chi connectivity index (χ4n) is 2.01. The lowest BCUT2D eigenvalue weighted by atomic mass is 10.1. The summed E-state index contributed by atoms with van der Waals surface area (Å²) in [7, 11) is 0. The molecule has 3 rings (SSSR count). The standard InChI is InChI=1S/C17H26N6O3/c1-11(2)23-15-13(19-21-20-15)14(24)12(17(23)26)16(25)18-7-6-10-22-8-4-3-5-9-22/h11,24H,3-10H2,1-2H3,(H,18,25)(H,19,20,21)/i1D3,3D2,4D2,5D2,7D2,8D2,9D2,10D2,11D/hD3. The van der Waals surface area contributed by atoms with E-state index in [2.05, 4.69) is 15.4 Å². The number of hydrogen-bond donors (Lipinski definition) is 3. The van der Waals surface area contributed by atoms with Crippen LogP contribution in [0.25, 0.3) is 11.2 Å². The number of amides is 1. The summed E-state index contributed by atoms with van der Waals surface area (Å²) in [4.78, 5) is 26.4. The number of H-pyrrole nitrogens is 1. The molecule has 0 aliphatic carbocycles. The second-order valence-corrected chi connectivity index (χ2v) is 4.74. The van der Waals surface area contributed by atoms with Crippen molar-refractivity contribution in [3.05, 3.63) is 15.9 Å². The molecule has 1 saturated heterocycles. The van der Waals surface area contributed by atoms with Gasteiger partial charge in [0.1, 0.15) is 5.56 Å². The number of hydrogen-bond acceptors (Lipinski definition) is 6. The molecule has 3 N–H and O–H groups in total. The first kappa shape index (κ1) is 5.54. The lowest BCUT2D eigenvalue weighted by molar-refractivity contribution is 0.0946. The number of nitrogens with one attached hydrogen (secondary N) is 2. The summed E-state index contributed by atoms with van der Waals surface area (Å²) < 4.78 is 168. The van der Waals surface area contributed by atoms with Crippen LogP contribution >= 0.6 is 0 Å². The molecule has 1 unspecified atom stereocenters. The maximum Gasteiger partial charge on any atom is 0.293 e. The lowest BCUT2D eigenvalue weighted by Gasteiger charge is -2.26. The minimum atomic E-state index is -4.07. The van der Waals surface area contributed by atoms with Crippen LogP contribution in [0.15, 0.2) is 4.79 Å². The SMILES string of the molecule is [2H]Oc1c(C(=O)N([2H])C([2H])([2H])CC([2H])([2H])N2C([2H])([2H])C([2H])([2H])C([2H])([2H])C([2H])([2H])C2([2H])[2H])c(=O)n(C([2H])(C)C([2H])([2H])[2H])c2c1nnn2[2H]. The van der Waals surface area contributed by atoms with Gasteiger partial charge in [-0.2, -0.15) is 0 Å². The highest BCUT2D eigenvalue weighted by Gasteiger charge is 2.25. The molecule has 142 valence electrons. The first-order chi connectivity index (χ1) is 20.6. The summed E-state index contributed by atoms with van der Waals surface area (Å²) in [5.74, 6) is -3.31. The van der Waals surface area contributed by atoms with Crippen LogP contribution in [0.1, 0.15) is 80.4 Å². The molecule has 26 heavy (non-hydrogen) atoms. The second-order valence-electron chi connectivity index (χ2n) is 4.74. The maximum absolute atomic E-state index is 13.6. The van der Waals surface area contributed by atoms with Gasteiger partial charge in [0.2, 0.25) is 0 Å². The average Bonchev–Trinajstić information content (AvgIpc) is 3.24. The molecule has 0 radical (unpaired) electrons. The third kappa shape index (κ3) is 3.57. The largest absolute Gasteiger partial charge is 0.505 e. The van der Waals surface area contributed by atoms with Crippen LogP contribution < -0.4 is 10.9 Å². The van der Waals surface area contributed by atoms with Crippen molar-refractivity contribution in [3.8, 4) is 5.75 Å². The number of nitrogens with zero attached hydrogens (tertiary/aromatic N) is 4. The van der Waals surface area contributed by atoms with Crippen molar-refractivity contribution < 1.29 is 37.4 Å². The summed E-state index contributed by atoms with van der Waals surface area (Å²) in [5.41, 5.74) is -5.09. The van der Waals surface area contributed by atoms with E-state index in [9.17, 15) is 9.59 Å². The quantitative estimate of drug-likeness (QED) is 0.657. The zero-order chi connectivity index (χ0) is 37.1. The Labute approximate surface area is 181 Å². The van der Waals surface area contributed by atoms with Crippen LogP contribution in [0.5, 0.6) is 5.75 Å². The molecule has 0 spiro atoms. The Morgan fingerprint density at radius 2 is 2.46 bits per heavy atom. The van der Waals surface area contributed by atoms with E-state index in [1.54, 1.807) is 0 Å². The average molecular weight is 384 g/mol. The van der Waals surface area contributed by atoms with E-state index in [-0.39, 0.29) is 9.66 Å². The number of aromatic amines is 1. The Balaban J connectivity index is 2.23. The minimum absolute atomic E-state index is 0.0235. The van der Waals surface area contributed by atoms with Crippen molar-refractivity contribution in [2.75, 3.05) is 26.0 Å². The zero-order valence-electron chi connectivity index (χ0n) is 34.1. The summed E-state index contributed by atoms with van der Waals surface area (Å²) in [5, 5.41) is 10.2. The van der Waals surface area contributed by atoms with Gasteiger partial charge in [-0.05, 0) is 52.4 Å². The van der Waals surface area contributed by atoms with Gasteiger partial charge in [0.05, 0.1) is 1.37 Å². The highest BCUT2D eigenvalue weighted by atomic mass is 16.3. The fourth-order valence-corrected chi connectivity index (χ4v) is 2.01. The molecule has 9 heteroatoms. The zero-order valence-corrected chi connectivity index (χ0v) is 13.1. The molecular formula is C17H26N6O3. The molecular weight excluding hydrogens is 336 g/mol. The van der Waals surface area contributed by atoms with E-state index in [0.717, 1.165) is 0 Å². The minimum Gasteiger partial charge on any atom is -0.505 e. The molecule has 1 aliphatic heterocycles. The summed E-state index contributed by atoms with van der Waals surface area (Å²) in [6.07, 6.45) is -13.9. The highest BCUT2D eigenvalue weighted by molar-refractivity contribution is 6.00. The van der Waals surface area contributed by atoms with E-state index in [0.29, 0.717) is 6.92 Å². The number of carbonyl (C=O) groups is 1. The number of rotatable bonds is 7. The molecule has 1 amide bonds. The molecule has 1 atom stereocenters. The van der Waals surface area contributed by atoms with E-state index in [1.807, 2.05) is 0 Å². The third-order valence-corrected chi connectivity index (χ3v) is 3.07. The smallest absolute Gasteiger partial charge is 0.293 e. The van der Waals surface area contributed by atoms with E-state index < -0.39 is 109 Å². The van der Waals surface area contributed by atoms with Crippen molar-refractivity contribution in [2.24, 2.45) is 0 Å². The monoisotopic (exact) mass is 383 g/mol. The number of carbonyl (C=O) groups excluding carboxylic acids is 1. The van der Waals surface area contributed by atoms with Crippen LogP contribution in [0.2, 0.25) is 2.82 Å². The van der Waals surface area contributed by atoms with Crippen molar-refractivity contribution in [2.45, 2.75) is 45.3 Å². The normalized spacial score (nSPS) is 40.9. The molecule has 0 saturated carbocycles. The topological polar surface area (TPSA) is 116 Å². The van der Waals surface area contributed by atoms with Crippen molar-refractivity contribution in [1.82, 2.24) is 30.2 Å². The Morgan fingerprint density at radius 3 is 3.19 bits per heavy atom. The Bertz CT molecular complexity index is 1620. The molecule has 0 aromatic carbocycles. The maximum atomic E-state index is 13.6. The summed E-state index contributed by atoms with van der Waals surface area (Å²) >= 11 is 0. The van der Waals surface area contributed by atoms with Gasteiger partial charge in [-0.15, -0.1) is 5.10 Å². The Morgan fingerprint density at radius 1 is 1.65 bits per heavy atom. The van der Waals surface area contributed by atoms with E-state index >= 15 is 0 Å². The number of aromatic nitrogens is 4. The predicted molar refractivity (Wildman–Crippen MR) is 97.4 cm³/mol. The van der Waals surface area contributed by atoms with Crippen LogP contribution in [-0.2, 0) is 0 Å². The number of pyridine rings is 1. The molecule has 3 heterocycles. The lowest BCUT2D eigenvalue weighted by Crippen LogP contribution is -2.36. The molecule has 2 aromatic heterocycles. The van der Waals surface area contributed by atoms with Crippen LogP contribution in [-0.4, -0.2) is 63.3 Å². The molecule has 1 aliphatic rings. The van der Waals surface area contributed by atoms with Gasteiger partial charge in [-0.3, -0.25) is 14.2 Å². The van der Waals surface area contributed by atoms with Crippen molar-refractivity contribution in [3.63, 3.8) is 0 Å². The van der Waals surface area contributed by atoms with Gasteiger partial charge < -0.3 is 15.3 Å². The van der Waals surface area contributed by atoms with Gasteiger partial charge in [0, 0.05) is 35.8 Å². The van der Waals surface area contributed by atoms with Crippen LogP contribution in [0, 0.1) is 0 Å². The van der Waals surface area contributed by atoms with Gasteiger partial charge in [-0.1, -0.05) is 11.6 Å². The van der Waals surface area contributed by atoms with E-state index in [1.165, 1.54) is 0 Å². The first-order valence-electron chi connectivity index (χ1n) is 17.3. The van der Waals surface area contributed by atoms with E-state index in [4.69, 9.17) is 28.9 Å². The number of piperidine rings is 1.